The molecule has 0 aromatic heterocycles. The second-order valence-corrected chi connectivity index (χ2v) is 3.71. The number of benzene rings is 1. The van der Waals surface area contributed by atoms with Gasteiger partial charge in [-0.1, -0.05) is 22.0 Å². The van der Waals surface area contributed by atoms with Crippen molar-refractivity contribution >= 4 is 15.9 Å². The fraction of sp³-hybridized carbons (Fsp3) is 0.300. The van der Waals surface area contributed by atoms with Crippen molar-refractivity contribution in [3.8, 4) is 11.8 Å². The van der Waals surface area contributed by atoms with Crippen LogP contribution in [0.5, 0.6) is 5.75 Å². The molecule has 13 heavy (non-hydrogen) atoms. The van der Waals surface area contributed by atoms with E-state index in [0.717, 1.165) is 10.2 Å². The van der Waals surface area contributed by atoms with Crippen LogP contribution in [-0.2, 0) is 0 Å². The highest BCUT2D eigenvalue weighted by atomic mass is 79.9. The van der Waals surface area contributed by atoms with Gasteiger partial charge in [-0.2, -0.15) is 5.26 Å². The van der Waals surface area contributed by atoms with E-state index < -0.39 is 0 Å². The zero-order valence-corrected chi connectivity index (χ0v) is 8.91. The molecule has 0 saturated carbocycles. The van der Waals surface area contributed by atoms with Crippen molar-refractivity contribution in [2.45, 2.75) is 6.92 Å². The van der Waals surface area contributed by atoms with Crippen LogP contribution in [-0.4, -0.2) is 6.61 Å². The minimum Gasteiger partial charge on any atom is -0.492 e. The Balaban J connectivity index is 2.51. The van der Waals surface area contributed by atoms with Crippen LogP contribution in [0.25, 0.3) is 0 Å². The summed E-state index contributed by atoms with van der Waals surface area (Å²) in [6.45, 7) is 2.27. The van der Waals surface area contributed by atoms with E-state index in [1.165, 1.54) is 0 Å². The number of nitriles is 1. The minimum absolute atomic E-state index is 0.0704. The number of rotatable bonds is 3. The van der Waals surface area contributed by atoms with E-state index in [-0.39, 0.29) is 5.92 Å². The number of hydrogen-bond acceptors (Lipinski definition) is 2. The first kappa shape index (κ1) is 10.1. The quantitative estimate of drug-likeness (QED) is 0.813. The van der Waals surface area contributed by atoms with E-state index in [4.69, 9.17) is 10.00 Å². The van der Waals surface area contributed by atoms with Gasteiger partial charge >= 0.3 is 0 Å². The number of ether oxygens (including phenoxy) is 1. The van der Waals surface area contributed by atoms with Gasteiger partial charge in [0.1, 0.15) is 12.4 Å². The van der Waals surface area contributed by atoms with Crippen LogP contribution in [0, 0.1) is 17.2 Å². The Hall–Kier alpha value is -1.01. The van der Waals surface area contributed by atoms with Crippen molar-refractivity contribution in [2.75, 3.05) is 6.61 Å². The third-order valence-electron chi connectivity index (χ3n) is 1.52. The maximum absolute atomic E-state index is 8.53. The van der Waals surface area contributed by atoms with Gasteiger partial charge in [0.15, 0.2) is 0 Å². The first-order valence-corrected chi connectivity index (χ1v) is 4.79. The van der Waals surface area contributed by atoms with Crippen LogP contribution in [0.2, 0.25) is 0 Å². The monoisotopic (exact) mass is 239 g/mol. The molecular weight excluding hydrogens is 230 g/mol. The van der Waals surface area contributed by atoms with Crippen molar-refractivity contribution < 1.29 is 4.74 Å². The van der Waals surface area contributed by atoms with Gasteiger partial charge in [0.05, 0.1) is 12.0 Å². The Morgan fingerprint density at radius 2 is 2.38 bits per heavy atom. The molecule has 0 radical (unpaired) electrons. The van der Waals surface area contributed by atoms with Crippen molar-refractivity contribution in [2.24, 2.45) is 5.92 Å². The molecule has 0 bridgehead atoms. The Bertz CT molecular complexity index is 319. The molecule has 0 aliphatic rings. The predicted octanol–water partition coefficient (Wildman–Crippen LogP) is 2.99. The number of nitrogens with zero attached hydrogens (tertiary/aromatic N) is 1. The molecule has 1 aromatic carbocycles. The SMILES string of the molecule is CC(C#N)COc1cccc(Br)c1. The molecule has 1 rings (SSSR count). The summed E-state index contributed by atoms with van der Waals surface area (Å²) in [6, 6.07) is 9.69. The van der Waals surface area contributed by atoms with E-state index in [1.54, 1.807) is 0 Å². The lowest BCUT2D eigenvalue weighted by Gasteiger charge is -2.06. The zero-order chi connectivity index (χ0) is 9.68. The lowest BCUT2D eigenvalue weighted by atomic mass is 10.2. The van der Waals surface area contributed by atoms with Crippen LogP contribution in [0.4, 0.5) is 0 Å². The molecule has 0 N–H and O–H groups in total. The van der Waals surface area contributed by atoms with E-state index in [1.807, 2.05) is 31.2 Å². The molecule has 0 saturated heterocycles. The standard InChI is InChI=1S/C10H10BrNO/c1-8(6-12)7-13-10-4-2-3-9(11)5-10/h2-5,8H,7H2,1H3. The van der Waals surface area contributed by atoms with Gasteiger partial charge in [-0.3, -0.25) is 0 Å². The normalized spacial score (nSPS) is 11.8. The molecule has 1 atom stereocenters. The average Bonchev–Trinajstić information content (AvgIpc) is 2.14. The molecule has 0 fully saturated rings. The van der Waals surface area contributed by atoms with Gasteiger partial charge < -0.3 is 4.74 Å². The minimum atomic E-state index is -0.0704. The molecule has 2 nitrogen and oxygen atoms in total. The third-order valence-corrected chi connectivity index (χ3v) is 2.01. The maximum atomic E-state index is 8.53. The average molecular weight is 240 g/mol. The van der Waals surface area contributed by atoms with Crippen molar-refractivity contribution in [3.63, 3.8) is 0 Å². The summed E-state index contributed by atoms with van der Waals surface area (Å²) in [4.78, 5) is 0. The molecule has 0 aliphatic carbocycles. The van der Waals surface area contributed by atoms with E-state index in [0.29, 0.717) is 6.61 Å². The van der Waals surface area contributed by atoms with E-state index >= 15 is 0 Å². The Kier molecular flexibility index (Phi) is 3.78. The topological polar surface area (TPSA) is 33.0 Å². The lowest BCUT2D eigenvalue weighted by Crippen LogP contribution is -2.05. The van der Waals surface area contributed by atoms with Gasteiger partial charge in [0.25, 0.3) is 0 Å². The van der Waals surface area contributed by atoms with Crippen molar-refractivity contribution in [1.29, 1.82) is 5.26 Å². The van der Waals surface area contributed by atoms with Crippen molar-refractivity contribution in [3.05, 3.63) is 28.7 Å². The number of hydrogen-bond donors (Lipinski definition) is 0. The summed E-state index contributed by atoms with van der Waals surface area (Å²) in [5.41, 5.74) is 0. The second kappa shape index (κ2) is 4.88. The summed E-state index contributed by atoms with van der Waals surface area (Å²) >= 11 is 3.34. The fourth-order valence-corrected chi connectivity index (χ4v) is 1.19. The highest BCUT2D eigenvalue weighted by Gasteiger charge is 2.00. The molecule has 0 heterocycles. The summed E-state index contributed by atoms with van der Waals surface area (Å²) in [7, 11) is 0. The Morgan fingerprint density at radius 3 is 3.00 bits per heavy atom. The largest absolute Gasteiger partial charge is 0.492 e. The zero-order valence-electron chi connectivity index (χ0n) is 7.33. The van der Waals surface area contributed by atoms with Gasteiger partial charge in [0, 0.05) is 4.47 Å². The summed E-state index contributed by atoms with van der Waals surface area (Å²) in [5, 5.41) is 8.53. The highest BCUT2D eigenvalue weighted by molar-refractivity contribution is 9.10. The second-order valence-electron chi connectivity index (χ2n) is 2.80. The van der Waals surface area contributed by atoms with Crippen molar-refractivity contribution in [1.82, 2.24) is 0 Å². The molecule has 0 aliphatic heterocycles. The predicted molar refractivity (Wildman–Crippen MR) is 54.4 cm³/mol. The fourth-order valence-electron chi connectivity index (χ4n) is 0.815. The molecule has 0 amide bonds. The summed E-state index contributed by atoms with van der Waals surface area (Å²) < 4.78 is 6.37. The van der Waals surface area contributed by atoms with E-state index in [2.05, 4.69) is 22.0 Å². The Labute approximate surface area is 86.3 Å². The van der Waals surface area contributed by atoms with Gasteiger partial charge in [-0.15, -0.1) is 0 Å². The first-order valence-electron chi connectivity index (χ1n) is 4.00. The molecule has 0 spiro atoms. The summed E-state index contributed by atoms with van der Waals surface area (Å²) in [5.74, 6) is 0.718. The van der Waals surface area contributed by atoms with E-state index in [9.17, 15) is 0 Å². The maximum Gasteiger partial charge on any atom is 0.120 e. The van der Waals surface area contributed by atoms with Crippen LogP contribution in [0.3, 0.4) is 0 Å². The third kappa shape index (κ3) is 3.47. The molecular formula is C10H10BrNO. The van der Waals surface area contributed by atoms with Gasteiger partial charge in [0.2, 0.25) is 0 Å². The van der Waals surface area contributed by atoms with Crippen LogP contribution < -0.4 is 4.74 Å². The van der Waals surface area contributed by atoms with Gasteiger partial charge in [-0.05, 0) is 25.1 Å². The summed E-state index contributed by atoms with van der Waals surface area (Å²) in [6.07, 6.45) is 0. The number of halogens is 1. The first-order chi connectivity index (χ1) is 6.22. The van der Waals surface area contributed by atoms with Crippen LogP contribution in [0.15, 0.2) is 28.7 Å². The Morgan fingerprint density at radius 1 is 1.62 bits per heavy atom. The van der Waals surface area contributed by atoms with Crippen LogP contribution >= 0.6 is 15.9 Å². The van der Waals surface area contributed by atoms with Gasteiger partial charge in [-0.25, -0.2) is 0 Å². The molecule has 68 valence electrons. The molecule has 1 unspecified atom stereocenters. The lowest BCUT2D eigenvalue weighted by molar-refractivity contribution is 0.288. The molecule has 3 heteroatoms. The highest BCUT2D eigenvalue weighted by Crippen LogP contribution is 2.18. The van der Waals surface area contributed by atoms with Crippen LogP contribution in [0.1, 0.15) is 6.92 Å². The smallest absolute Gasteiger partial charge is 0.120 e. The molecule has 1 aromatic rings.